The Hall–Kier alpha value is -3.31. The van der Waals surface area contributed by atoms with E-state index in [1.165, 1.54) is 43.3 Å². The number of aromatic hydroxyl groups is 2. The first-order chi connectivity index (χ1) is 19.5. The summed E-state index contributed by atoms with van der Waals surface area (Å²) in [6, 6.07) is 9.38. The smallest absolute Gasteiger partial charge is 0.229 e. The van der Waals surface area contributed by atoms with Crippen molar-refractivity contribution in [1.29, 1.82) is 0 Å². The van der Waals surface area contributed by atoms with Crippen molar-refractivity contribution in [3.8, 4) is 28.6 Å². The summed E-state index contributed by atoms with van der Waals surface area (Å²) in [4.78, 5) is 12.8. The molecule has 0 radical (unpaired) electrons. The summed E-state index contributed by atoms with van der Waals surface area (Å²) in [6.45, 7) is 0.704. The average molecular weight is 579 g/mol. The fourth-order valence-electron chi connectivity index (χ4n) is 4.79. The van der Waals surface area contributed by atoms with Crippen molar-refractivity contribution in [3.05, 3.63) is 52.7 Å². The van der Waals surface area contributed by atoms with Crippen LogP contribution in [0.3, 0.4) is 0 Å². The van der Waals surface area contributed by atoms with Gasteiger partial charge in [0.25, 0.3) is 0 Å². The Balaban J connectivity index is 1.47. The third-order valence-corrected chi connectivity index (χ3v) is 7.11. The zero-order valence-corrected chi connectivity index (χ0v) is 21.5. The van der Waals surface area contributed by atoms with Crippen LogP contribution in [0, 0.1) is 0 Å². The fourth-order valence-corrected chi connectivity index (χ4v) is 4.79. The summed E-state index contributed by atoms with van der Waals surface area (Å²) in [7, 11) is 0. The summed E-state index contributed by atoms with van der Waals surface area (Å²) in [5.74, 6) is -0.498. The van der Waals surface area contributed by atoms with Crippen molar-refractivity contribution in [2.75, 3.05) is 6.61 Å². The highest BCUT2D eigenvalue weighted by atomic mass is 16.8. The molecule has 0 amide bonds. The van der Waals surface area contributed by atoms with E-state index < -0.39 is 79.2 Å². The van der Waals surface area contributed by atoms with Crippen molar-refractivity contribution >= 4 is 11.0 Å². The van der Waals surface area contributed by atoms with E-state index in [1.807, 2.05) is 0 Å². The van der Waals surface area contributed by atoms with Crippen LogP contribution in [0.2, 0.25) is 0 Å². The van der Waals surface area contributed by atoms with Crippen LogP contribution in [0.15, 0.2) is 51.7 Å². The molecule has 2 saturated heterocycles. The van der Waals surface area contributed by atoms with Crippen LogP contribution < -0.4 is 10.2 Å². The van der Waals surface area contributed by atoms with E-state index >= 15 is 0 Å². The largest absolute Gasteiger partial charge is 0.508 e. The summed E-state index contributed by atoms with van der Waals surface area (Å²) in [6.07, 6.45) is -15.3. The van der Waals surface area contributed by atoms with E-state index in [0.29, 0.717) is 5.56 Å². The van der Waals surface area contributed by atoms with Gasteiger partial charge in [-0.2, -0.15) is 0 Å². The number of fused-ring (bicyclic) bond motifs is 1. The molecule has 5 rings (SSSR count). The molecule has 14 heteroatoms. The summed E-state index contributed by atoms with van der Waals surface area (Å²) in [5.41, 5.74) is -0.182. The monoisotopic (exact) mass is 578 g/mol. The number of aliphatic hydroxyl groups excluding tert-OH is 6. The number of rotatable bonds is 6. The van der Waals surface area contributed by atoms with Crippen molar-refractivity contribution in [3.63, 3.8) is 0 Å². The standard InChI is InChI=1S/C27H30O14/c1-10-20(32)22(34)24(36)26(37-10)41-25-23(35)21(33)18(9-28)40-27(25)38-13-6-14(30)19-15(31)8-16(39-17(19)7-13)11-2-4-12(29)5-3-11/h2-8,10,18,20-30,32-36H,9H2,1H3/t10-,18+,20-,21+,22+,23-,24+,25+,26-,27-/m0/s1. The Bertz CT molecular complexity index is 1420. The predicted octanol–water partition coefficient (Wildman–Crippen LogP) is -1.10. The van der Waals surface area contributed by atoms with E-state index in [0.717, 1.165) is 6.07 Å². The lowest BCUT2D eigenvalue weighted by molar-refractivity contribution is -0.354. The molecular weight excluding hydrogens is 548 g/mol. The molecule has 2 fully saturated rings. The number of hydrogen-bond donors (Lipinski definition) is 8. The first kappa shape index (κ1) is 29.2. The van der Waals surface area contributed by atoms with Gasteiger partial charge in [0.1, 0.15) is 70.6 Å². The molecule has 222 valence electrons. The SMILES string of the molecule is C[C@@H]1O[C@@H](O[C@H]2[C@@H](Oc3cc(O)c4c(=O)cc(-c5ccc(O)cc5)oc4c3)O[C@H](CO)[C@@H](O)[C@@H]2O)[C@H](O)[C@H](O)[C@H]1O. The highest BCUT2D eigenvalue weighted by Gasteiger charge is 2.50. The maximum atomic E-state index is 12.8. The van der Waals surface area contributed by atoms with Crippen molar-refractivity contribution in [1.82, 2.24) is 0 Å². The number of ether oxygens (including phenoxy) is 4. The van der Waals surface area contributed by atoms with E-state index in [2.05, 4.69) is 0 Å². The molecule has 0 unspecified atom stereocenters. The number of phenolic OH excluding ortho intramolecular Hbond substituents is 2. The molecule has 3 aromatic rings. The normalized spacial score (nSPS) is 34.0. The number of benzene rings is 2. The number of aliphatic hydroxyl groups is 6. The maximum absolute atomic E-state index is 12.8. The molecule has 0 bridgehead atoms. The van der Waals surface area contributed by atoms with E-state index in [-0.39, 0.29) is 28.2 Å². The highest BCUT2D eigenvalue weighted by Crippen LogP contribution is 2.35. The van der Waals surface area contributed by atoms with E-state index in [1.54, 1.807) is 0 Å². The Kier molecular flexibility index (Phi) is 8.20. The predicted molar refractivity (Wildman–Crippen MR) is 137 cm³/mol. The van der Waals surface area contributed by atoms with Crippen LogP contribution in [-0.4, -0.2) is 109 Å². The van der Waals surface area contributed by atoms with Crippen LogP contribution >= 0.6 is 0 Å². The minimum atomic E-state index is -1.76. The third-order valence-electron chi connectivity index (χ3n) is 7.11. The lowest BCUT2D eigenvalue weighted by atomic mass is 9.97. The van der Waals surface area contributed by atoms with Crippen LogP contribution in [0.5, 0.6) is 17.2 Å². The first-order valence-electron chi connectivity index (χ1n) is 12.7. The second-order valence-electron chi connectivity index (χ2n) is 9.94. The molecule has 14 nitrogen and oxygen atoms in total. The second kappa shape index (κ2) is 11.5. The molecule has 41 heavy (non-hydrogen) atoms. The van der Waals surface area contributed by atoms with Crippen molar-refractivity contribution < 1.29 is 64.2 Å². The molecule has 2 aliphatic heterocycles. The lowest BCUT2D eigenvalue weighted by Crippen LogP contribution is -2.64. The van der Waals surface area contributed by atoms with Crippen LogP contribution in [-0.2, 0) is 14.2 Å². The molecule has 1 aromatic heterocycles. The molecule has 2 aromatic carbocycles. The maximum Gasteiger partial charge on any atom is 0.229 e. The first-order valence-corrected chi connectivity index (χ1v) is 12.7. The van der Waals surface area contributed by atoms with Crippen molar-refractivity contribution in [2.45, 2.75) is 68.3 Å². The van der Waals surface area contributed by atoms with Gasteiger partial charge in [-0.1, -0.05) is 0 Å². The van der Waals surface area contributed by atoms with Gasteiger partial charge in [0, 0.05) is 23.8 Å². The summed E-state index contributed by atoms with van der Waals surface area (Å²) < 4.78 is 28.4. The van der Waals surface area contributed by atoms with Gasteiger partial charge < -0.3 is 64.2 Å². The summed E-state index contributed by atoms with van der Waals surface area (Å²) in [5, 5.41) is 81.4. The molecule has 0 spiro atoms. The van der Waals surface area contributed by atoms with Crippen LogP contribution in [0.25, 0.3) is 22.3 Å². The van der Waals surface area contributed by atoms with Gasteiger partial charge in [-0.3, -0.25) is 4.79 Å². The fraction of sp³-hybridized carbons (Fsp3) is 0.444. The van der Waals surface area contributed by atoms with Gasteiger partial charge in [-0.25, -0.2) is 0 Å². The van der Waals surface area contributed by atoms with E-state index in [4.69, 9.17) is 23.4 Å². The molecule has 3 heterocycles. The van der Waals surface area contributed by atoms with Crippen LogP contribution in [0.1, 0.15) is 6.92 Å². The highest BCUT2D eigenvalue weighted by molar-refractivity contribution is 5.86. The molecule has 10 atom stereocenters. The quantitative estimate of drug-likeness (QED) is 0.174. The molecule has 0 aliphatic carbocycles. The van der Waals surface area contributed by atoms with Crippen LogP contribution in [0.4, 0.5) is 0 Å². The van der Waals surface area contributed by atoms with Gasteiger partial charge in [-0.15, -0.1) is 0 Å². The molecule has 8 N–H and O–H groups in total. The Morgan fingerprint density at radius 2 is 1.54 bits per heavy atom. The Morgan fingerprint density at radius 3 is 2.22 bits per heavy atom. The van der Waals surface area contributed by atoms with Gasteiger partial charge in [0.2, 0.25) is 6.29 Å². The zero-order valence-electron chi connectivity index (χ0n) is 21.5. The second-order valence-corrected chi connectivity index (χ2v) is 9.94. The lowest BCUT2D eigenvalue weighted by Gasteiger charge is -2.45. The minimum absolute atomic E-state index is 0.00857. The van der Waals surface area contributed by atoms with E-state index in [9.17, 15) is 45.6 Å². The molecule has 0 saturated carbocycles. The average Bonchev–Trinajstić information content (AvgIpc) is 2.94. The van der Waals surface area contributed by atoms with Crippen molar-refractivity contribution in [2.24, 2.45) is 0 Å². The third kappa shape index (κ3) is 5.61. The zero-order chi connectivity index (χ0) is 29.6. The Labute approximate surface area is 231 Å². The topological polar surface area (TPSA) is 229 Å². The molecule has 2 aliphatic rings. The van der Waals surface area contributed by atoms with Gasteiger partial charge in [-0.05, 0) is 31.2 Å². The Morgan fingerprint density at radius 1 is 0.829 bits per heavy atom. The number of phenols is 2. The van der Waals surface area contributed by atoms with Gasteiger partial charge in [0.05, 0.1) is 12.7 Å². The number of hydrogen-bond acceptors (Lipinski definition) is 14. The van der Waals surface area contributed by atoms with Gasteiger partial charge >= 0.3 is 0 Å². The summed E-state index contributed by atoms with van der Waals surface area (Å²) >= 11 is 0. The minimum Gasteiger partial charge on any atom is -0.508 e. The molecular formula is C27H30O14. The van der Waals surface area contributed by atoms with Gasteiger partial charge in [0.15, 0.2) is 17.8 Å².